The SMILES string of the molecule is O=c1cccc2n1C[C@H]1C[C@@H]2CN(N=Cc2ccccc2)C1. The van der Waals surface area contributed by atoms with Crippen LogP contribution in [-0.4, -0.2) is 28.9 Å². The van der Waals surface area contributed by atoms with Crippen molar-refractivity contribution in [2.45, 2.75) is 18.9 Å². The lowest BCUT2D eigenvalue weighted by Gasteiger charge is -2.41. The molecule has 0 amide bonds. The van der Waals surface area contributed by atoms with E-state index in [4.69, 9.17) is 0 Å². The van der Waals surface area contributed by atoms with Gasteiger partial charge in [-0.25, -0.2) is 0 Å². The first-order chi connectivity index (χ1) is 10.8. The number of hydrogen-bond donors (Lipinski definition) is 0. The van der Waals surface area contributed by atoms with E-state index in [1.165, 1.54) is 12.1 Å². The number of pyridine rings is 1. The van der Waals surface area contributed by atoms with Crippen LogP contribution in [0.4, 0.5) is 0 Å². The first-order valence-electron chi connectivity index (χ1n) is 7.83. The fraction of sp³-hybridized carbons (Fsp3) is 0.333. The second-order valence-electron chi connectivity index (χ2n) is 6.22. The van der Waals surface area contributed by atoms with Crippen LogP contribution >= 0.6 is 0 Å². The molecule has 4 rings (SSSR count). The largest absolute Gasteiger partial charge is 0.312 e. The smallest absolute Gasteiger partial charge is 0.250 e. The zero-order valence-electron chi connectivity index (χ0n) is 12.4. The van der Waals surface area contributed by atoms with Crippen LogP contribution in [0.1, 0.15) is 23.6 Å². The van der Waals surface area contributed by atoms with Crippen molar-refractivity contribution in [1.82, 2.24) is 9.58 Å². The van der Waals surface area contributed by atoms with Crippen LogP contribution in [-0.2, 0) is 6.54 Å². The molecule has 3 heterocycles. The molecule has 4 heteroatoms. The van der Waals surface area contributed by atoms with Gasteiger partial charge in [-0.05, 0) is 24.0 Å². The lowest BCUT2D eigenvalue weighted by Crippen LogP contribution is -2.45. The summed E-state index contributed by atoms with van der Waals surface area (Å²) in [6, 6.07) is 15.8. The molecule has 1 fully saturated rings. The average molecular weight is 293 g/mol. The van der Waals surface area contributed by atoms with Gasteiger partial charge < -0.3 is 4.57 Å². The number of fused-ring (bicyclic) bond motifs is 4. The maximum absolute atomic E-state index is 12.0. The summed E-state index contributed by atoms with van der Waals surface area (Å²) >= 11 is 0. The van der Waals surface area contributed by atoms with Crippen LogP contribution in [0.5, 0.6) is 0 Å². The molecule has 1 aromatic heterocycles. The van der Waals surface area contributed by atoms with Crippen molar-refractivity contribution in [2.24, 2.45) is 11.0 Å². The monoisotopic (exact) mass is 293 g/mol. The second-order valence-corrected chi connectivity index (χ2v) is 6.22. The third kappa shape index (κ3) is 2.45. The molecule has 112 valence electrons. The highest BCUT2D eigenvalue weighted by atomic mass is 16.1. The van der Waals surface area contributed by atoms with Crippen LogP contribution in [0.15, 0.2) is 58.4 Å². The summed E-state index contributed by atoms with van der Waals surface area (Å²) in [4.78, 5) is 12.0. The summed E-state index contributed by atoms with van der Waals surface area (Å²) in [5.41, 5.74) is 2.42. The Balaban J connectivity index is 1.56. The molecule has 2 aromatic rings. The highest BCUT2D eigenvalue weighted by Gasteiger charge is 2.33. The van der Waals surface area contributed by atoms with Crippen molar-refractivity contribution in [3.63, 3.8) is 0 Å². The first kappa shape index (κ1) is 13.3. The maximum Gasteiger partial charge on any atom is 0.250 e. The van der Waals surface area contributed by atoms with Crippen molar-refractivity contribution in [2.75, 3.05) is 13.1 Å². The Bertz CT molecular complexity index is 750. The van der Waals surface area contributed by atoms with Gasteiger partial charge in [0.05, 0.1) is 6.21 Å². The number of rotatable bonds is 2. The van der Waals surface area contributed by atoms with Crippen LogP contribution in [0.3, 0.4) is 0 Å². The fourth-order valence-electron chi connectivity index (χ4n) is 3.65. The molecule has 2 bridgehead atoms. The van der Waals surface area contributed by atoms with E-state index in [0.29, 0.717) is 11.8 Å². The van der Waals surface area contributed by atoms with Crippen molar-refractivity contribution in [1.29, 1.82) is 0 Å². The Morgan fingerprint density at radius 2 is 1.86 bits per heavy atom. The molecule has 22 heavy (non-hydrogen) atoms. The van der Waals surface area contributed by atoms with Gasteiger partial charge in [0, 0.05) is 37.3 Å². The number of nitrogens with zero attached hydrogens (tertiary/aromatic N) is 3. The highest BCUT2D eigenvalue weighted by Crippen LogP contribution is 2.34. The molecule has 0 saturated carbocycles. The summed E-state index contributed by atoms with van der Waals surface area (Å²) < 4.78 is 1.96. The first-order valence-corrected chi connectivity index (χ1v) is 7.83. The van der Waals surface area contributed by atoms with Crippen LogP contribution in [0.25, 0.3) is 0 Å². The quantitative estimate of drug-likeness (QED) is 0.797. The standard InChI is InChI=1S/C18H19N3O/c22-18-8-4-7-17-16-9-15(12-21(17)18)11-20(13-16)19-10-14-5-2-1-3-6-14/h1-8,10,15-16H,9,11-13H2/t15-,16+/m0/s1. The number of benzene rings is 1. The second kappa shape index (κ2) is 5.44. The number of piperidine rings is 1. The van der Waals surface area contributed by atoms with Crippen LogP contribution < -0.4 is 5.56 Å². The minimum Gasteiger partial charge on any atom is -0.312 e. The van der Waals surface area contributed by atoms with Gasteiger partial charge in [-0.15, -0.1) is 0 Å². The predicted molar refractivity (Wildman–Crippen MR) is 87.2 cm³/mol. The summed E-state index contributed by atoms with van der Waals surface area (Å²) in [7, 11) is 0. The molecule has 4 nitrogen and oxygen atoms in total. The van der Waals surface area contributed by atoms with E-state index in [9.17, 15) is 4.79 Å². The third-order valence-corrected chi connectivity index (χ3v) is 4.63. The minimum absolute atomic E-state index is 0.133. The van der Waals surface area contributed by atoms with Gasteiger partial charge in [0.15, 0.2) is 0 Å². The Morgan fingerprint density at radius 1 is 1.00 bits per heavy atom. The normalized spacial score (nSPS) is 23.5. The lowest BCUT2D eigenvalue weighted by atomic mass is 9.84. The predicted octanol–water partition coefficient (Wildman–Crippen LogP) is 2.30. The summed E-state index contributed by atoms with van der Waals surface area (Å²) in [6.45, 7) is 2.65. The Labute approximate surface area is 129 Å². The molecule has 1 saturated heterocycles. The molecule has 2 aliphatic heterocycles. The fourth-order valence-corrected chi connectivity index (χ4v) is 3.65. The van der Waals surface area contributed by atoms with E-state index in [1.54, 1.807) is 6.07 Å². The van der Waals surface area contributed by atoms with E-state index >= 15 is 0 Å². The minimum atomic E-state index is 0.133. The molecule has 0 N–H and O–H groups in total. The van der Waals surface area contributed by atoms with Gasteiger partial charge in [0.1, 0.15) is 0 Å². The number of hydrogen-bond acceptors (Lipinski definition) is 3. The Kier molecular flexibility index (Phi) is 3.29. The number of aromatic nitrogens is 1. The van der Waals surface area contributed by atoms with E-state index < -0.39 is 0 Å². The summed E-state index contributed by atoms with van der Waals surface area (Å²) in [5.74, 6) is 0.925. The molecule has 2 aliphatic rings. The topological polar surface area (TPSA) is 37.6 Å². The molecule has 0 aliphatic carbocycles. The van der Waals surface area contributed by atoms with Gasteiger partial charge in [0.2, 0.25) is 0 Å². The lowest BCUT2D eigenvalue weighted by molar-refractivity contribution is 0.125. The van der Waals surface area contributed by atoms with Crippen molar-refractivity contribution in [3.05, 3.63) is 70.1 Å². The van der Waals surface area contributed by atoms with Gasteiger partial charge in [-0.3, -0.25) is 9.80 Å². The van der Waals surface area contributed by atoms with E-state index in [0.717, 1.165) is 25.2 Å². The van der Waals surface area contributed by atoms with Gasteiger partial charge >= 0.3 is 0 Å². The van der Waals surface area contributed by atoms with Gasteiger partial charge in [-0.2, -0.15) is 5.10 Å². The maximum atomic E-state index is 12.0. The van der Waals surface area contributed by atoms with Gasteiger partial charge in [0.25, 0.3) is 5.56 Å². The van der Waals surface area contributed by atoms with E-state index in [1.807, 2.05) is 35.0 Å². The Morgan fingerprint density at radius 3 is 2.73 bits per heavy atom. The van der Waals surface area contributed by atoms with Crippen LogP contribution in [0.2, 0.25) is 0 Å². The summed E-state index contributed by atoms with van der Waals surface area (Å²) in [6.07, 6.45) is 3.10. The summed E-state index contributed by atoms with van der Waals surface area (Å²) in [5, 5.41) is 6.81. The number of hydrazone groups is 1. The Hall–Kier alpha value is -2.36. The van der Waals surface area contributed by atoms with E-state index in [2.05, 4.69) is 28.3 Å². The molecular formula is C18H19N3O. The average Bonchev–Trinajstić information content (AvgIpc) is 2.55. The van der Waals surface area contributed by atoms with E-state index in [-0.39, 0.29) is 5.56 Å². The molecular weight excluding hydrogens is 274 g/mol. The van der Waals surface area contributed by atoms with Crippen molar-refractivity contribution in [3.8, 4) is 0 Å². The van der Waals surface area contributed by atoms with Crippen molar-refractivity contribution >= 4 is 6.21 Å². The molecule has 1 aromatic carbocycles. The third-order valence-electron chi connectivity index (χ3n) is 4.63. The molecule has 2 atom stereocenters. The van der Waals surface area contributed by atoms with Crippen LogP contribution in [0, 0.1) is 5.92 Å². The molecule has 0 spiro atoms. The zero-order valence-corrected chi connectivity index (χ0v) is 12.4. The molecule has 0 unspecified atom stereocenters. The zero-order chi connectivity index (χ0) is 14.9. The van der Waals surface area contributed by atoms with Gasteiger partial charge in [-0.1, -0.05) is 36.4 Å². The molecule has 0 radical (unpaired) electrons. The highest BCUT2D eigenvalue weighted by molar-refractivity contribution is 5.79. The van der Waals surface area contributed by atoms with Crippen molar-refractivity contribution < 1.29 is 0 Å².